The summed E-state index contributed by atoms with van der Waals surface area (Å²) in [5, 5.41) is 0.715. The number of benzene rings is 1. The minimum Gasteiger partial charge on any atom is -0.325 e. The molecule has 0 atom stereocenters. The van der Waals surface area contributed by atoms with E-state index in [0.29, 0.717) is 15.6 Å². The number of halogens is 2. The maximum Gasteiger partial charge on any atom is 0.156 e. The van der Waals surface area contributed by atoms with Crippen LogP contribution in [-0.4, -0.2) is 19.7 Å². The number of rotatable bonds is 4. The Morgan fingerprint density at radius 1 is 1.24 bits per heavy atom. The zero-order valence-electron chi connectivity index (χ0n) is 9.70. The third kappa shape index (κ3) is 4.84. The van der Waals surface area contributed by atoms with Gasteiger partial charge in [-0.25, -0.2) is 8.42 Å². The summed E-state index contributed by atoms with van der Waals surface area (Å²) in [7, 11) is -3.33. The van der Waals surface area contributed by atoms with Gasteiger partial charge in [-0.3, -0.25) is 0 Å². The number of hydrogen-bond acceptors (Lipinski definition) is 3. The first-order valence-electron chi connectivity index (χ1n) is 5.03. The summed E-state index contributed by atoms with van der Waals surface area (Å²) in [5.74, 6) is -0.298. The summed E-state index contributed by atoms with van der Waals surface area (Å²) in [6.45, 7) is 3.33. The molecular formula is C11H15Cl2NO2S. The van der Waals surface area contributed by atoms with Gasteiger partial charge in [0.15, 0.2) is 9.84 Å². The standard InChI is InChI=1S/C11H15Cl2NO2S/c1-11(2,14)7-17(15,16)6-8-9(12)4-3-5-10(8)13/h3-5H,6-7,14H2,1-2H3. The topological polar surface area (TPSA) is 60.2 Å². The second-order valence-corrected chi connectivity index (χ2v) is 7.60. The molecule has 0 unspecified atom stereocenters. The molecule has 1 aromatic rings. The van der Waals surface area contributed by atoms with E-state index in [1.165, 1.54) is 0 Å². The van der Waals surface area contributed by atoms with Crippen LogP contribution in [0.15, 0.2) is 18.2 Å². The van der Waals surface area contributed by atoms with Crippen molar-refractivity contribution in [3.05, 3.63) is 33.8 Å². The molecule has 0 fully saturated rings. The van der Waals surface area contributed by atoms with Gasteiger partial charge in [-0.2, -0.15) is 0 Å². The summed E-state index contributed by atoms with van der Waals surface area (Å²) < 4.78 is 23.8. The molecular weight excluding hydrogens is 281 g/mol. The largest absolute Gasteiger partial charge is 0.325 e. The molecule has 6 heteroatoms. The molecule has 0 aromatic heterocycles. The third-order valence-corrected chi connectivity index (χ3v) is 4.64. The highest BCUT2D eigenvalue weighted by Gasteiger charge is 2.24. The van der Waals surface area contributed by atoms with Crippen molar-refractivity contribution in [3.63, 3.8) is 0 Å². The van der Waals surface area contributed by atoms with Crippen molar-refractivity contribution < 1.29 is 8.42 Å². The van der Waals surface area contributed by atoms with E-state index in [2.05, 4.69) is 0 Å². The Labute approximate surface area is 112 Å². The molecule has 0 aliphatic carbocycles. The Bertz CT molecular complexity index is 486. The highest BCUT2D eigenvalue weighted by Crippen LogP contribution is 2.26. The fourth-order valence-corrected chi connectivity index (χ4v) is 4.18. The van der Waals surface area contributed by atoms with Gasteiger partial charge in [0, 0.05) is 21.1 Å². The van der Waals surface area contributed by atoms with Crippen LogP contribution in [0.2, 0.25) is 10.0 Å². The smallest absolute Gasteiger partial charge is 0.156 e. The van der Waals surface area contributed by atoms with Gasteiger partial charge in [0.2, 0.25) is 0 Å². The Morgan fingerprint density at radius 3 is 2.12 bits per heavy atom. The van der Waals surface area contributed by atoms with Crippen LogP contribution in [0, 0.1) is 0 Å². The number of nitrogens with two attached hydrogens (primary N) is 1. The van der Waals surface area contributed by atoms with Gasteiger partial charge in [-0.1, -0.05) is 29.3 Å². The molecule has 0 aliphatic rings. The molecule has 2 N–H and O–H groups in total. The van der Waals surface area contributed by atoms with Crippen molar-refractivity contribution in [1.82, 2.24) is 0 Å². The fourth-order valence-electron chi connectivity index (χ4n) is 1.51. The van der Waals surface area contributed by atoms with E-state index in [4.69, 9.17) is 28.9 Å². The van der Waals surface area contributed by atoms with Gasteiger partial charge in [0.05, 0.1) is 11.5 Å². The Kier molecular flexibility index (Phi) is 4.47. The molecule has 0 radical (unpaired) electrons. The van der Waals surface area contributed by atoms with Crippen LogP contribution in [0.5, 0.6) is 0 Å². The molecule has 0 amide bonds. The predicted octanol–water partition coefficient (Wildman–Crippen LogP) is 2.65. The van der Waals surface area contributed by atoms with E-state index in [0.717, 1.165) is 0 Å². The summed E-state index contributed by atoms with van der Waals surface area (Å²) in [6.07, 6.45) is 0. The molecule has 17 heavy (non-hydrogen) atoms. The van der Waals surface area contributed by atoms with Crippen molar-refractivity contribution in [2.24, 2.45) is 5.73 Å². The minimum atomic E-state index is -3.33. The second kappa shape index (κ2) is 5.14. The summed E-state index contributed by atoms with van der Waals surface area (Å²) in [4.78, 5) is 0. The Morgan fingerprint density at radius 2 is 1.71 bits per heavy atom. The lowest BCUT2D eigenvalue weighted by molar-refractivity contribution is 0.544. The van der Waals surface area contributed by atoms with Crippen LogP contribution in [0.25, 0.3) is 0 Å². The fraction of sp³-hybridized carbons (Fsp3) is 0.455. The summed E-state index contributed by atoms with van der Waals surface area (Å²) >= 11 is 11.9. The molecule has 0 saturated carbocycles. The Hall–Kier alpha value is -0.290. The zero-order valence-corrected chi connectivity index (χ0v) is 12.0. The Balaban J connectivity index is 2.99. The lowest BCUT2D eigenvalue weighted by Gasteiger charge is -2.18. The van der Waals surface area contributed by atoms with Crippen molar-refractivity contribution in [2.45, 2.75) is 25.1 Å². The SMILES string of the molecule is CC(C)(N)CS(=O)(=O)Cc1c(Cl)cccc1Cl. The van der Waals surface area contributed by atoms with Crippen molar-refractivity contribution in [3.8, 4) is 0 Å². The average molecular weight is 296 g/mol. The van der Waals surface area contributed by atoms with Crippen molar-refractivity contribution in [1.29, 1.82) is 0 Å². The van der Waals surface area contributed by atoms with E-state index < -0.39 is 15.4 Å². The first-order chi connectivity index (χ1) is 7.61. The van der Waals surface area contributed by atoms with E-state index in [9.17, 15) is 8.42 Å². The van der Waals surface area contributed by atoms with Crippen LogP contribution in [-0.2, 0) is 15.6 Å². The van der Waals surface area contributed by atoms with Gasteiger partial charge in [0.25, 0.3) is 0 Å². The van der Waals surface area contributed by atoms with Crippen LogP contribution < -0.4 is 5.73 Å². The van der Waals surface area contributed by atoms with Crippen LogP contribution in [0.3, 0.4) is 0 Å². The second-order valence-electron chi connectivity index (χ2n) is 4.72. The molecule has 0 heterocycles. The van der Waals surface area contributed by atoms with Crippen molar-refractivity contribution in [2.75, 3.05) is 5.75 Å². The highest BCUT2D eigenvalue weighted by atomic mass is 35.5. The summed E-state index contributed by atoms with van der Waals surface area (Å²) in [5.41, 5.74) is 5.37. The van der Waals surface area contributed by atoms with Crippen LogP contribution in [0.4, 0.5) is 0 Å². The zero-order chi connectivity index (χ0) is 13.3. The molecule has 0 aliphatic heterocycles. The van der Waals surface area contributed by atoms with E-state index in [1.54, 1.807) is 32.0 Å². The van der Waals surface area contributed by atoms with Crippen molar-refractivity contribution >= 4 is 33.0 Å². The van der Waals surface area contributed by atoms with E-state index in [-0.39, 0.29) is 11.5 Å². The molecule has 0 saturated heterocycles. The van der Waals surface area contributed by atoms with Gasteiger partial charge < -0.3 is 5.73 Å². The van der Waals surface area contributed by atoms with Gasteiger partial charge in [-0.15, -0.1) is 0 Å². The normalized spacial score (nSPS) is 12.8. The molecule has 0 spiro atoms. The summed E-state index contributed by atoms with van der Waals surface area (Å²) in [6, 6.07) is 4.91. The van der Waals surface area contributed by atoms with Gasteiger partial charge >= 0.3 is 0 Å². The predicted molar refractivity (Wildman–Crippen MR) is 72.2 cm³/mol. The molecule has 3 nitrogen and oxygen atoms in total. The maximum atomic E-state index is 11.9. The van der Waals surface area contributed by atoms with Gasteiger partial charge in [0.1, 0.15) is 0 Å². The molecule has 1 rings (SSSR count). The maximum absolute atomic E-state index is 11.9. The number of sulfone groups is 1. The molecule has 96 valence electrons. The quantitative estimate of drug-likeness (QED) is 0.929. The minimum absolute atomic E-state index is 0.110. The van der Waals surface area contributed by atoms with Crippen LogP contribution in [0.1, 0.15) is 19.4 Å². The lowest BCUT2D eigenvalue weighted by Crippen LogP contribution is -2.40. The van der Waals surface area contributed by atoms with E-state index in [1.807, 2.05) is 0 Å². The first kappa shape index (κ1) is 14.8. The highest BCUT2D eigenvalue weighted by molar-refractivity contribution is 7.90. The number of hydrogen-bond donors (Lipinski definition) is 1. The molecule has 0 bridgehead atoms. The monoisotopic (exact) mass is 295 g/mol. The third-order valence-electron chi connectivity index (χ3n) is 2.02. The van der Waals surface area contributed by atoms with Gasteiger partial charge in [-0.05, 0) is 26.0 Å². The van der Waals surface area contributed by atoms with E-state index >= 15 is 0 Å². The average Bonchev–Trinajstić information content (AvgIpc) is 2.07. The molecule has 1 aromatic carbocycles. The van der Waals surface area contributed by atoms with Crippen LogP contribution >= 0.6 is 23.2 Å². The lowest BCUT2D eigenvalue weighted by atomic mass is 10.1. The first-order valence-corrected chi connectivity index (χ1v) is 7.61.